The molecule has 1 aliphatic rings. The third-order valence-corrected chi connectivity index (χ3v) is 5.08. The quantitative estimate of drug-likeness (QED) is 0.507. The summed E-state index contributed by atoms with van der Waals surface area (Å²) in [5, 5.41) is 2.81. The smallest absolute Gasteiger partial charge is 0.351 e. The van der Waals surface area contributed by atoms with Crippen molar-refractivity contribution in [3.63, 3.8) is 0 Å². The van der Waals surface area contributed by atoms with Crippen LogP contribution < -0.4 is 10.2 Å². The van der Waals surface area contributed by atoms with Crippen LogP contribution in [0.5, 0.6) is 0 Å². The lowest BCUT2D eigenvalue weighted by atomic mass is 10.0. The second-order valence-corrected chi connectivity index (χ2v) is 7.76. The standard InChI is InChI=1S/C22H20F5N5/c1-14-9-16(11-17(10-14)30-20-28-7-5-18(31-20)22(25,26)27)15-3-4-19(29-12-15)32-8-2-6-21(23,24)13-32/h3-5,7,9-12H,2,6,8,13H2,1H3,(H,28,30,31). The first-order chi connectivity index (χ1) is 15.1. The van der Waals surface area contributed by atoms with Crippen molar-refractivity contribution < 1.29 is 22.0 Å². The Morgan fingerprint density at radius 2 is 1.84 bits per heavy atom. The molecule has 1 aliphatic heterocycles. The molecule has 168 valence electrons. The van der Waals surface area contributed by atoms with Crippen molar-refractivity contribution in [3.05, 3.63) is 60.0 Å². The van der Waals surface area contributed by atoms with Gasteiger partial charge in [0.1, 0.15) is 11.5 Å². The third kappa shape index (κ3) is 5.12. The summed E-state index contributed by atoms with van der Waals surface area (Å²) in [6, 6.07) is 9.67. The molecule has 10 heteroatoms. The zero-order chi connectivity index (χ0) is 22.9. The predicted molar refractivity (Wildman–Crippen MR) is 111 cm³/mol. The van der Waals surface area contributed by atoms with Crippen molar-refractivity contribution in [2.75, 3.05) is 23.3 Å². The molecule has 0 amide bonds. The van der Waals surface area contributed by atoms with E-state index in [0.29, 0.717) is 24.5 Å². The van der Waals surface area contributed by atoms with E-state index < -0.39 is 17.8 Å². The number of hydrogen-bond acceptors (Lipinski definition) is 5. The van der Waals surface area contributed by atoms with Crippen LogP contribution in [0.2, 0.25) is 0 Å². The number of halogens is 5. The molecule has 4 rings (SSSR count). The minimum Gasteiger partial charge on any atom is -0.351 e. The van der Waals surface area contributed by atoms with Gasteiger partial charge in [0.25, 0.3) is 5.92 Å². The van der Waals surface area contributed by atoms with E-state index in [0.717, 1.165) is 29.0 Å². The number of alkyl halides is 5. The first kappa shape index (κ1) is 21.9. The van der Waals surface area contributed by atoms with Crippen LogP contribution in [0.25, 0.3) is 11.1 Å². The number of anilines is 3. The second kappa shape index (κ2) is 8.33. The summed E-state index contributed by atoms with van der Waals surface area (Å²) in [7, 11) is 0. The minimum atomic E-state index is -4.57. The molecule has 0 saturated carbocycles. The highest BCUT2D eigenvalue weighted by Crippen LogP contribution is 2.32. The minimum absolute atomic E-state index is 0.115. The van der Waals surface area contributed by atoms with E-state index in [1.54, 1.807) is 35.4 Å². The Bertz CT molecular complexity index is 1100. The fraction of sp³-hybridized carbons (Fsp3) is 0.318. The lowest BCUT2D eigenvalue weighted by Crippen LogP contribution is -2.43. The second-order valence-electron chi connectivity index (χ2n) is 7.76. The van der Waals surface area contributed by atoms with Crippen molar-refractivity contribution >= 4 is 17.5 Å². The van der Waals surface area contributed by atoms with Crippen LogP contribution in [0.1, 0.15) is 24.1 Å². The molecule has 3 aromatic rings. The fourth-order valence-electron chi connectivity index (χ4n) is 3.63. The number of nitrogens with one attached hydrogen (secondary N) is 1. The normalized spacial score (nSPS) is 16.1. The van der Waals surface area contributed by atoms with Gasteiger partial charge >= 0.3 is 6.18 Å². The Balaban J connectivity index is 1.55. The van der Waals surface area contributed by atoms with Gasteiger partial charge in [0.05, 0.1) is 6.54 Å². The van der Waals surface area contributed by atoms with Gasteiger partial charge in [0.2, 0.25) is 5.95 Å². The predicted octanol–water partition coefficient (Wildman–Crippen LogP) is 5.84. The van der Waals surface area contributed by atoms with E-state index in [1.807, 2.05) is 13.0 Å². The van der Waals surface area contributed by atoms with Gasteiger partial charge in [0.15, 0.2) is 0 Å². The van der Waals surface area contributed by atoms with E-state index in [-0.39, 0.29) is 18.9 Å². The van der Waals surface area contributed by atoms with Crippen LogP contribution in [-0.4, -0.2) is 34.0 Å². The monoisotopic (exact) mass is 449 g/mol. The van der Waals surface area contributed by atoms with Gasteiger partial charge in [0, 0.05) is 36.6 Å². The number of aromatic nitrogens is 3. The SMILES string of the molecule is Cc1cc(Nc2nccc(C(F)(F)F)n2)cc(-c2ccc(N3CCCC(F)(F)C3)nc2)c1. The first-order valence-electron chi connectivity index (χ1n) is 9.97. The summed E-state index contributed by atoms with van der Waals surface area (Å²) in [4.78, 5) is 13.3. The summed E-state index contributed by atoms with van der Waals surface area (Å²) in [6.07, 6.45) is -1.64. The van der Waals surface area contributed by atoms with E-state index in [1.165, 1.54) is 0 Å². The Morgan fingerprint density at radius 3 is 2.53 bits per heavy atom. The Morgan fingerprint density at radius 1 is 1.03 bits per heavy atom. The largest absolute Gasteiger partial charge is 0.433 e. The number of rotatable bonds is 4. The topological polar surface area (TPSA) is 53.9 Å². The average molecular weight is 449 g/mol. The molecule has 0 bridgehead atoms. The molecule has 0 aliphatic carbocycles. The molecule has 3 heterocycles. The van der Waals surface area contributed by atoms with Crippen molar-refractivity contribution in [1.29, 1.82) is 0 Å². The van der Waals surface area contributed by atoms with Crippen LogP contribution in [0.3, 0.4) is 0 Å². The van der Waals surface area contributed by atoms with Crippen LogP contribution in [0.15, 0.2) is 48.8 Å². The Kier molecular flexibility index (Phi) is 5.70. The number of benzene rings is 1. The Labute approximate surface area is 181 Å². The molecule has 32 heavy (non-hydrogen) atoms. The number of piperidine rings is 1. The molecule has 5 nitrogen and oxygen atoms in total. The molecule has 1 saturated heterocycles. The fourth-order valence-corrected chi connectivity index (χ4v) is 3.63. The molecule has 0 unspecified atom stereocenters. The van der Waals surface area contributed by atoms with Gasteiger partial charge in [-0.3, -0.25) is 0 Å². The lowest BCUT2D eigenvalue weighted by molar-refractivity contribution is -0.141. The van der Waals surface area contributed by atoms with Gasteiger partial charge in [-0.2, -0.15) is 13.2 Å². The van der Waals surface area contributed by atoms with E-state index in [2.05, 4.69) is 20.3 Å². The summed E-state index contributed by atoms with van der Waals surface area (Å²) < 4.78 is 66.1. The van der Waals surface area contributed by atoms with E-state index in [9.17, 15) is 22.0 Å². The molecule has 0 radical (unpaired) electrons. The molecule has 0 spiro atoms. The maximum atomic E-state index is 13.7. The molecule has 2 aromatic heterocycles. The van der Waals surface area contributed by atoms with Gasteiger partial charge in [-0.25, -0.2) is 23.7 Å². The molecular formula is C22H20F5N5. The van der Waals surface area contributed by atoms with Gasteiger partial charge in [-0.15, -0.1) is 0 Å². The van der Waals surface area contributed by atoms with Crippen LogP contribution in [0, 0.1) is 6.92 Å². The molecule has 1 aromatic carbocycles. The zero-order valence-corrected chi connectivity index (χ0v) is 17.1. The summed E-state index contributed by atoms with van der Waals surface area (Å²) in [6.45, 7) is 2.02. The first-order valence-corrected chi connectivity index (χ1v) is 9.97. The summed E-state index contributed by atoms with van der Waals surface area (Å²) >= 11 is 0. The van der Waals surface area contributed by atoms with Crippen LogP contribution in [-0.2, 0) is 6.18 Å². The third-order valence-electron chi connectivity index (χ3n) is 5.08. The van der Waals surface area contributed by atoms with Crippen molar-refractivity contribution in [3.8, 4) is 11.1 Å². The summed E-state index contributed by atoms with van der Waals surface area (Å²) in [5.74, 6) is -2.41. The van der Waals surface area contributed by atoms with Crippen LogP contribution >= 0.6 is 0 Å². The van der Waals surface area contributed by atoms with Crippen molar-refractivity contribution in [2.24, 2.45) is 0 Å². The summed E-state index contributed by atoms with van der Waals surface area (Å²) in [5.41, 5.74) is 1.85. The maximum Gasteiger partial charge on any atom is 0.433 e. The highest BCUT2D eigenvalue weighted by Gasteiger charge is 2.35. The van der Waals surface area contributed by atoms with Crippen molar-refractivity contribution in [2.45, 2.75) is 31.9 Å². The van der Waals surface area contributed by atoms with Gasteiger partial charge in [-0.1, -0.05) is 6.07 Å². The molecule has 1 fully saturated rings. The average Bonchev–Trinajstić information content (AvgIpc) is 2.72. The van der Waals surface area contributed by atoms with Crippen molar-refractivity contribution in [1.82, 2.24) is 15.0 Å². The molecule has 0 atom stereocenters. The van der Waals surface area contributed by atoms with Crippen LogP contribution in [0.4, 0.5) is 39.4 Å². The zero-order valence-electron chi connectivity index (χ0n) is 17.1. The molecule has 1 N–H and O–H groups in total. The van der Waals surface area contributed by atoms with E-state index >= 15 is 0 Å². The number of nitrogens with zero attached hydrogens (tertiary/aromatic N) is 4. The maximum absolute atomic E-state index is 13.7. The number of pyridine rings is 1. The number of hydrogen-bond donors (Lipinski definition) is 1. The van der Waals surface area contributed by atoms with Gasteiger partial charge in [-0.05, 0) is 54.8 Å². The highest BCUT2D eigenvalue weighted by atomic mass is 19.4. The van der Waals surface area contributed by atoms with E-state index in [4.69, 9.17) is 0 Å². The highest BCUT2D eigenvalue weighted by molar-refractivity contribution is 5.71. The Hall–Kier alpha value is -3.30. The lowest BCUT2D eigenvalue weighted by Gasteiger charge is -2.33. The number of aryl methyl sites for hydroxylation is 1. The van der Waals surface area contributed by atoms with Gasteiger partial charge < -0.3 is 10.2 Å². The molecular weight excluding hydrogens is 429 g/mol.